The zero-order valence-corrected chi connectivity index (χ0v) is 23.4. The standard InChI is InChI=1S/C28H36F3N3O7/c1-5-38-24-23(36-3)18(2)39-26(25(24)37-4)40-27(35)32-19-6-8-20(9-7-19)33-14-16-34(17-15-33)21-10-12-22(13-11-21)41-28(29,30)31/h6-13,18,23-26H,5,14-17H2,1-4H3,(H,32,35)/t18-,23-,24+,25+,26-/m0/s1. The topological polar surface area (TPSA) is 91.0 Å². The number of anilines is 3. The zero-order chi connectivity index (χ0) is 29.6. The quantitative estimate of drug-likeness (QED) is 0.454. The summed E-state index contributed by atoms with van der Waals surface area (Å²) in [5.41, 5.74) is 2.36. The number of hydrogen-bond acceptors (Lipinski definition) is 9. The fourth-order valence-corrected chi connectivity index (χ4v) is 5.11. The lowest BCUT2D eigenvalue weighted by molar-refractivity contribution is -0.292. The smallest absolute Gasteiger partial charge is 0.416 e. The lowest BCUT2D eigenvalue weighted by atomic mass is 9.99. The van der Waals surface area contributed by atoms with Crippen molar-refractivity contribution >= 4 is 23.2 Å². The number of hydrogen-bond donors (Lipinski definition) is 1. The van der Waals surface area contributed by atoms with Crippen molar-refractivity contribution in [3.05, 3.63) is 48.5 Å². The van der Waals surface area contributed by atoms with Gasteiger partial charge in [-0.3, -0.25) is 5.32 Å². The van der Waals surface area contributed by atoms with Crippen molar-refractivity contribution in [2.45, 2.75) is 50.9 Å². The van der Waals surface area contributed by atoms with Gasteiger partial charge in [-0.1, -0.05) is 0 Å². The van der Waals surface area contributed by atoms with Gasteiger partial charge in [0.05, 0.1) is 6.10 Å². The second-order valence-corrected chi connectivity index (χ2v) is 9.62. The zero-order valence-electron chi connectivity index (χ0n) is 23.4. The van der Waals surface area contributed by atoms with Crippen molar-refractivity contribution in [1.29, 1.82) is 0 Å². The molecular formula is C28H36F3N3O7. The monoisotopic (exact) mass is 583 g/mol. The molecule has 0 saturated carbocycles. The summed E-state index contributed by atoms with van der Waals surface area (Å²) in [6.07, 6.45) is -8.30. The number of nitrogens with zero attached hydrogens (tertiary/aromatic N) is 2. The van der Waals surface area contributed by atoms with Crippen LogP contribution in [0.1, 0.15) is 13.8 Å². The SMILES string of the molecule is CCO[C@@H]1[C@@H](OC)[C@H](C)O[C@@H](OC(=O)Nc2ccc(N3CCN(c4ccc(OC(F)(F)F)cc4)CC3)cc2)[C@@H]1OC. The minimum Gasteiger partial charge on any atom is -0.416 e. The molecule has 0 aromatic heterocycles. The van der Waals surface area contributed by atoms with Crippen molar-refractivity contribution in [2.24, 2.45) is 0 Å². The van der Waals surface area contributed by atoms with E-state index in [1.165, 1.54) is 19.2 Å². The number of methoxy groups -OCH3 is 2. The molecular weight excluding hydrogens is 547 g/mol. The lowest BCUT2D eigenvalue weighted by Gasteiger charge is -2.43. The average molecular weight is 584 g/mol. The number of carbonyl (C=O) groups excluding carboxylic acids is 1. The summed E-state index contributed by atoms with van der Waals surface area (Å²) in [6.45, 7) is 6.94. The lowest BCUT2D eigenvalue weighted by Crippen LogP contribution is -2.60. The molecule has 5 atom stereocenters. The third-order valence-corrected chi connectivity index (χ3v) is 7.05. The maximum atomic E-state index is 12.7. The second-order valence-electron chi connectivity index (χ2n) is 9.62. The first kappa shape index (κ1) is 30.7. The molecule has 10 nitrogen and oxygen atoms in total. The van der Waals surface area contributed by atoms with Gasteiger partial charge < -0.3 is 38.2 Å². The minimum atomic E-state index is -4.71. The molecule has 2 saturated heterocycles. The molecule has 2 fully saturated rings. The molecule has 1 amide bonds. The maximum absolute atomic E-state index is 12.7. The molecule has 2 aromatic carbocycles. The predicted octanol–water partition coefficient (Wildman–Crippen LogP) is 4.64. The number of nitrogens with one attached hydrogen (secondary N) is 1. The molecule has 0 spiro atoms. The summed E-state index contributed by atoms with van der Waals surface area (Å²) in [4.78, 5) is 17.0. The van der Waals surface area contributed by atoms with Gasteiger partial charge in [-0.05, 0) is 62.4 Å². The molecule has 0 unspecified atom stereocenters. The van der Waals surface area contributed by atoms with E-state index in [1.807, 2.05) is 26.0 Å². The number of carbonyl (C=O) groups is 1. The first-order valence-electron chi connectivity index (χ1n) is 13.4. The first-order chi connectivity index (χ1) is 19.6. The van der Waals surface area contributed by atoms with Crippen LogP contribution in [0, 0.1) is 0 Å². The Bertz CT molecular complexity index is 1110. The molecule has 2 heterocycles. The Kier molecular flexibility index (Phi) is 10.2. The van der Waals surface area contributed by atoms with Crippen LogP contribution in [0.2, 0.25) is 0 Å². The number of alkyl halides is 3. The van der Waals surface area contributed by atoms with Crippen LogP contribution in [0.15, 0.2) is 48.5 Å². The van der Waals surface area contributed by atoms with Gasteiger partial charge in [0, 0.05) is 64.1 Å². The first-order valence-corrected chi connectivity index (χ1v) is 13.4. The van der Waals surface area contributed by atoms with E-state index < -0.39 is 31.0 Å². The van der Waals surface area contributed by atoms with Crippen LogP contribution < -0.4 is 19.9 Å². The molecule has 0 radical (unpaired) electrons. The largest absolute Gasteiger partial charge is 0.573 e. The highest BCUT2D eigenvalue weighted by atomic mass is 19.4. The molecule has 41 heavy (non-hydrogen) atoms. The summed E-state index contributed by atoms with van der Waals surface area (Å²) in [5.74, 6) is -0.244. The summed E-state index contributed by atoms with van der Waals surface area (Å²) < 4.78 is 69.5. The molecule has 2 aliphatic heterocycles. The third kappa shape index (κ3) is 7.94. The Hall–Kier alpha value is -3.26. The Labute approximate surface area is 237 Å². The van der Waals surface area contributed by atoms with Crippen LogP contribution in [0.25, 0.3) is 0 Å². The highest BCUT2D eigenvalue weighted by Gasteiger charge is 2.47. The van der Waals surface area contributed by atoms with Crippen molar-refractivity contribution in [3.8, 4) is 5.75 Å². The van der Waals surface area contributed by atoms with Crippen LogP contribution in [0.5, 0.6) is 5.75 Å². The van der Waals surface area contributed by atoms with Gasteiger partial charge in [0.1, 0.15) is 24.1 Å². The van der Waals surface area contributed by atoms with Crippen LogP contribution in [0.3, 0.4) is 0 Å². The number of ether oxygens (including phenoxy) is 6. The van der Waals surface area contributed by atoms with E-state index in [1.54, 1.807) is 31.4 Å². The maximum Gasteiger partial charge on any atom is 0.573 e. The fraction of sp³-hybridized carbons (Fsp3) is 0.536. The minimum absolute atomic E-state index is 0.244. The van der Waals surface area contributed by atoms with Gasteiger partial charge in [-0.25, -0.2) is 4.79 Å². The normalized spacial score (nSPS) is 25.1. The van der Waals surface area contributed by atoms with Gasteiger partial charge in [0.25, 0.3) is 0 Å². The van der Waals surface area contributed by atoms with E-state index in [2.05, 4.69) is 19.9 Å². The molecule has 2 aliphatic rings. The number of piperazine rings is 1. The summed E-state index contributed by atoms with van der Waals surface area (Å²) >= 11 is 0. The Morgan fingerprint density at radius 3 is 1.93 bits per heavy atom. The molecule has 4 rings (SSSR count). The van der Waals surface area contributed by atoms with E-state index in [9.17, 15) is 18.0 Å². The number of halogens is 3. The van der Waals surface area contributed by atoms with E-state index in [0.717, 1.165) is 11.4 Å². The molecule has 0 bridgehead atoms. The molecule has 13 heteroatoms. The predicted molar refractivity (Wildman–Crippen MR) is 145 cm³/mol. The average Bonchev–Trinajstić information content (AvgIpc) is 2.93. The van der Waals surface area contributed by atoms with Gasteiger partial charge in [0.15, 0.2) is 0 Å². The van der Waals surface area contributed by atoms with Crippen molar-refractivity contribution in [2.75, 3.05) is 62.1 Å². The van der Waals surface area contributed by atoms with Gasteiger partial charge >= 0.3 is 12.5 Å². The number of rotatable bonds is 9. The van der Waals surface area contributed by atoms with Crippen LogP contribution in [0.4, 0.5) is 35.0 Å². The summed E-state index contributed by atoms with van der Waals surface area (Å²) in [6, 6.07) is 13.2. The van der Waals surface area contributed by atoms with Gasteiger partial charge in [-0.15, -0.1) is 13.2 Å². The number of benzene rings is 2. The van der Waals surface area contributed by atoms with Crippen molar-refractivity contribution < 1.29 is 46.4 Å². The van der Waals surface area contributed by atoms with Gasteiger partial charge in [0.2, 0.25) is 6.29 Å². The van der Waals surface area contributed by atoms with Crippen LogP contribution in [-0.4, -0.2) is 90.2 Å². The highest BCUT2D eigenvalue weighted by Crippen LogP contribution is 2.29. The van der Waals surface area contributed by atoms with E-state index in [-0.39, 0.29) is 18.0 Å². The summed E-state index contributed by atoms with van der Waals surface area (Å²) in [7, 11) is 3.07. The Morgan fingerprint density at radius 1 is 0.902 bits per heavy atom. The summed E-state index contributed by atoms with van der Waals surface area (Å²) in [5, 5.41) is 2.72. The van der Waals surface area contributed by atoms with Crippen molar-refractivity contribution in [1.82, 2.24) is 0 Å². The second kappa shape index (κ2) is 13.6. The third-order valence-electron chi connectivity index (χ3n) is 7.05. The Balaban J connectivity index is 1.28. The van der Waals surface area contributed by atoms with Crippen LogP contribution >= 0.6 is 0 Å². The number of amides is 1. The molecule has 1 N–H and O–H groups in total. The van der Waals surface area contributed by atoms with Gasteiger partial charge in [-0.2, -0.15) is 0 Å². The van der Waals surface area contributed by atoms with Crippen molar-refractivity contribution in [3.63, 3.8) is 0 Å². The molecule has 226 valence electrons. The van der Waals surface area contributed by atoms with E-state index in [0.29, 0.717) is 38.5 Å². The molecule has 0 aliphatic carbocycles. The fourth-order valence-electron chi connectivity index (χ4n) is 5.11. The highest BCUT2D eigenvalue weighted by molar-refractivity contribution is 5.85. The van der Waals surface area contributed by atoms with E-state index in [4.69, 9.17) is 23.7 Å². The molecule has 2 aromatic rings. The van der Waals surface area contributed by atoms with E-state index >= 15 is 0 Å². The van der Waals surface area contributed by atoms with Crippen LogP contribution in [-0.2, 0) is 23.7 Å². The Morgan fingerprint density at radius 2 is 1.44 bits per heavy atom.